The first-order valence-electron chi connectivity index (χ1n) is 6.77. The van der Waals surface area contributed by atoms with Crippen LogP contribution in [0, 0.1) is 28.6 Å². The summed E-state index contributed by atoms with van der Waals surface area (Å²) in [5, 5.41) is 0. The van der Waals surface area contributed by atoms with E-state index in [1.807, 2.05) is 0 Å². The summed E-state index contributed by atoms with van der Waals surface area (Å²) in [6, 6.07) is 0. The lowest BCUT2D eigenvalue weighted by molar-refractivity contribution is -0.136. The normalized spacial score (nSPS) is 41.6. The van der Waals surface area contributed by atoms with E-state index in [2.05, 4.69) is 34.6 Å². The van der Waals surface area contributed by atoms with E-state index in [4.69, 9.17) is 0 Å². The van der Waals surface area contributed by atoms with Gasteiger partial charge in [0, 0.05) is 12.3 Å². The summed E-state index contributed by atoms with van der Waals surface area (Å²) < 4.78 is 0. The molecule has 2 rings (SSSR count). The SMILES string of the molecule is C[C@@H]1C[C@H]2[C@H](CC1=O)C(C)(C)CCC2(C)C. The second kappa shape index (κ2) is 3.58. The summed E-state index contributed by atoms with van der Waals surface area (Å²) in [6.07, 6.45) is 4.56. The zero-order chi connectivity index (χ0) is 12.1. The van der Waals surface area contributed by atoms with Crippen LogP contribution in [0.15, 0.2) is 0 Å². The molecule has 0 unspecified atom stereocenters. The zero-order valence-electron chi connectivity index (χ0n) is 11.5. The molecule has 1 heteroatoms. The van der Waals surface area contributed by atoms with Crippen molar-refractivity contribution < 1.29 is 4.79 Å². The maximum atomic E-state index is 11.9. The first-order valence-corrected chi connectivity index (χ1v) is 6.77. The number of carbonyl (C=O) groups is 1. The summed E-state index contributed by atoms with van der Waals surface area (Å²) in [6.45, 7) is 11.7. The van der Waals surface area contributed by atoms with Gasteiger partial charge in [0.2, 0.25) is 0 Å². The van der Waals surface area contributed by atoms with Gasteiger partial charge in [-0.3, -0.25) is 4.79 Å². The van der Waals surface area contributed by atoms with Crippen LogP contribution in [-0.2, 0) is 4.79 Å². The molecule has 0 spiro atoms. The average Bonchev–Trinajstić information content (AvgIpc) is 2.17. The van der Waals surface area contributed by atoms with Crippen molar-refractivity contribution in [2.45, 2.75) is 60.3 Å². The van der Waals surface area contributed by atoms with Crippen LogP contribution >= 0.6 is 0 Å². The summed E-state index contributed by atoms with van der Waals surface area (Å²) in [5.41, 5.74) is 0.811. The van der Waals surface area contributed by atoms with E-state index in [-0.39, 0.29) is 0 Å². The molecule has 0 aromatic rings. The molecule has 0 saturated heterocycles. The number of hydrogen-bond acceptors (Lipinski definition) is 1. The molecule has 2 saturated carbocycles. The second-order valence-corrected chi connectivity index (χ2v) is 7.50. The highest BCUT2D eigenvalue weighted by atomic mass is 16.1. The van der Waals surface area contributed by atoms with Gasteiger partial charge >= 0.3 is 0 Å². The molecular formula is C15H26O. The molecule has 0 aromatic heterocycles. The van der Waals surface area contributed by atoms with Crippen molar-refractivity contribution in [3.63, 3.8) is 0 Å². The van der Waals surface area contributed by atoms with E-state index >= 15 is 0 Å². The summed E-state index contributed by atoms with van der Waals surface area (Å²) in [4.78, 5) is 11.9. The maximum absolute atomic E-state index is 11.9. The van der Waals surface area contributed by atoms with Gasteiger partial charge in [-0.2, -0.15) is 0 Å². The predicted octanol–water partition coefficient (Wildman–Crippen LogP) is 4.06. The Morgan fingerprint density at radius 2 is 1.50 bits per heavy atom. The predicted molar refractivity (Wildman–Crippen MR) is 67.2 cm³/mol. The molecular weight excluding hydrogens is 196 g/mol. The molecule has 1 nitrogen and oxygen atoms in total. The van der Waals surface area contributed by atoms with Crippen molar-refractivity contribution >= 4 is 5.78 Å². The van der Waals surface area contributed by atoms with Crippen LogP contribution in [0.3, 0.4) is 0 Å². The Bertz CT molecular complexity index is 301. The lowest BCUT2D eigenvalue weighted by atomic mass is 9.50. The lowest BCUT2D eigenvalue weighted by Crippen LogP contribution is -2.49. The Kier molecular flexibility index (Phi) is 2.72. The fourth-order valence-electron chi connectivity index (χ4n) is 3.94. The van der Waals surface area contributed by atoms with Gasteiger partial charge in [-0.1, -0.05) is 34.6 Å². The molecule has 0 radical (unpaired) electrons. The van der Waals surface area contributed by atoms with Gasteiger partial charge in [0.05, 0.1) is 0 Å². The third kappa shape index (κ3) is 1.83. The molecule has 16 heavy (non-hydrogen) atoms. The first kappa shape index (κ1) is 12.1. The Morgan fingerprint density at radius 1 is 1.00 bits per heavy atom. The monoisotopic (exact) mass is 222 g/mol. The van der Waals surface area contributed by atoms with Gasteiger partial charge in [-0.25, -0.2) is 0 Å². The molecule has 2 aliphatic rings. The first-order chi connectivity index (χ1) is 7.24. The van der Waals surface area contributed by atoms with E-state index < -0.39 is 0 Å². The van der Waals surface area contributed by atoms with Crippen molar-refractivity contribution in [3.8, 4) is 0 Å². The van der Waals surface area contributed by atoms with Crippen LogP contribution in [0.25, 0.3) is 0 Å². The number of ketones is 1. The van der Waals surface area contributed by atoms with Crippen molar-refractivity contribution in [2.24, 2.45) is 28.6 Å². The van der Waals surface area contributed by atoms with E-state index in [1.54, 1.807) is 0 Å². The second-order valence-electron chi connectivity index (χ2n) is 7.50. The number of Topliss-reactive ketones (excluding diaryl/α,β-unsaturated/α-hetero) is 1. The van der Waals surface area contributed by atoms with E-state index in [0.717, 1.165) is 18.8 Å². The minimum atomic E-state index is 0.300. The lowest BCUT2D eigenvalue weighted by Gasteiger charge is -2.55. The topological polar surface area (TPSA) is 17.1 Å². The highest BCUT2D eigenvalue weighted by molar-refractivity contribution is 5.81. The highest BCUT2D eigenvalue weighted by Gasteiger charge is 2.51. The van der Waals surface area contributed by atoms with Crippen LogP contribution in [0.1, 0.15) is 60.3 Å². The molecule has 92 valence electrons. The largest absolute Gasteiger partial charge is 0.299 e. The Morgan fingerprint density at radius 3 is 2.06 bits per heavy atom. The van der Waals surface area contributed by atoms with Gasteiger partial charge in [-0.15, -0.1) is 0 Å². The van der Waals surface area contributed by atoms with Gasteiger partial charge in [-0.05, 0) is 41.9 Å². The molecule has 0 amide bonds. The van der Waals surface area contributed by atoms with Crippen LogP contribution in [-0.4, -0.2) is 5.78 Å². The Hall–Kier alpha value is -0.330. The van der Waals surface area contributed by atoms with Crippen molar-refractivity contribution in [3.05, 3.63) is 0 Å². The van der Waals surface area contributed by atoms with Crippen LogP contribution in [0.2, 0.25) is 0 Å². The Labute approximate surface area is 100.0 Å². The highest BCUT2D eigenvalue weighted by Crippen LogP contribution is 2.57. The van der Waals surface area contributed by atoms with E-state index in [1.165, 1.54) is 12.8 Å². The zero-order valence-corrected chi connectivity index (χ0v) is 11.5. The molecule has 0 aliphatic heterocycles. The summed E-state index contributed by atoms with van der Waals surface area (Å²) in [5.74, 6) is 2.19. The van der Waals surface area contributed by atoms with Gasteiger partial charge in [0.25, 0.3) is 0 Å². The standard InChI is InChI=1S/C15H26O/c1-10-8-11-12(9-13(10)16)15(4,5)7-6-14(11,2)3/h10-12H,6-9H2,1-5H3/t10-,11+,12+/m1/s1. The van der Waals surface area contributed by atoms with E-state index in [0.29, 0.717) is 28.4 Å². The minimum Gasteiger partial charge on any atom is -0.299 e. The van der Waals surface area contributed by atoms with Crippen molar-refractivity contribution in [1.29, 1.82) is 0 Å². The number of hydrogen-bond donors (Lipinski definition) is 0. The van der Waals surface area contributed by atoms with Gasteiger partial charge in [0.1, 0.15) is 5.78 Å². The maximum Gasteiger partial charge on any atom is 0.136 e. The van der Waals surface area contributed by atoms with Crippen molar-refractivity contribution in [2.75, 3.05) is 0 Å². The quantitative estimate of drug-likeness (QED) is 0.604. The van der Waals surface area contributed by atoms with Crippen LogP contribution in [0.4, 0.5) is 0 Å². The summed E-state index contributed by atoms with van der Waals surface area (Å²) >= 11 is 0. The molecule has 3 atom stereocenters. The van der Waals surface area contributed by atoms with E-state index in [9.17, 15) is 4.79 Å². The molecule has 0 N–H and O–H groups in total. The number of carbonyl (C=O) groups excluding carboxylic acids is 1. The molecule has 0 bridgehead atoms. The fourth-order valence-corrected chi connectivity index (χ4v) is 3.94. The third-order valence-corrected chi connectivity index (χ3v) is 5.49. The number of fused-ring (bicyclic) bond motifs is 1. The molecule has 0 aromatic carbocycles. The van der Waals surface area contributed by atoms with Crippen LogP contribution in [0.5, 0.6) is 0 Å². The smallest absolute Gasteiger partial charge is 0.136 e. The Balaban J connectivity index is 2.29. The molecule has 0 heterocycles. The fraction of sp³-hybridized carbons (Fsp3) is 0.933. The molecule has 2 aliphatic carbocycles. The minimum absolute atomic E-state index is 0.300. The van der Waals surface area contributed by atoms with Crippen molar-refractivity contribution in [1.82, 2.24) is 0 Å². The number of rotatable bonds is 0. The average molecular weight is 222 g/mol. The molecule has 2 fully saturated rings. The summed E-state index contributed by atoms with van der Waals surface area (Å²) in [7, 11) is 0. The van der Waals surface area contributed by atoms with Crippen LogP contribution < -0.4 is 0 Å². The van der Waals surface area contributed by atoms with Gasteiger partial charge in [0.15, 0.2) is 0 Å². The third-order valence-electron chi connectivity index (χ3n) is 5.49. The van der Waals surface area contributed by atoms with Gasteiger partial charge < -0.3 is 0 Å².